The van der Waals surface area contributed by atoms with Crippen LogP contribution in [0.4, 0.5) is 5.69 Å². The Labute approximate surface area is 166 Å². The summed E-state index contributed by atoms with van der Waals surface area (Å²) in [5, 5.41) is 9.79. The van der Waals surface area contributed by atoms with E-state index in [4.69, 9.17) is 5.73 Å². The molecule has 1 amide bonds. The molecule has 2 atom stereocenters. The lowest BCUT2D eigenvalue weighted by Gasteiger charge is -2.51. The summed E-state index contributed by atoms with van der Waals surface area (Å²) in [7, 11) is 1.97. The number of aliphatic carboxylic acids is 1. The van der Waals surface area contributed by atoms with Crippen LogP contribution < -0.4 is 5.73 Å². The van der Waals surface area contributed by atoms with Crippen molar-refractivity contribution in [1.29, 1.82) is 0 Å². The standard InChI is InChI=1S/C18H25N3O3.2ClH/c1-20-9-2-7-18(17(23)24)8-10-21(12-15(18)20)16(22)11-13-3-5-14(19)6-4-13;;/h3-6,15H,2,7-12,19H2,1H3,(H,23,24);2*1H/t15-,18+;;/m1../s1. The number of hydrogen-bond acceptors (Lipinski definition) is 4. The smallest absolute Gasteiger partial charge is 0.311 e. The SMILES string of the molecule is CN1CCC[C@]2(C(=O)O)CCN(C(=O)Cc3ccc(N)cc3)C[C@@H]12.Cl.Cl. The lowest BCUT2D eigenvalue weighted by Crippen LogP contribution is -2.63. The second-order valence-electron chi connectivity index (χ2n) is 7.07. The van der Waals surface area contributed by atoms with Gasteiger partial charge in [0.2, 0.25) is 5.91 Å². The molecule has 0 bridgehead atoms. The van der Waals surface area contributed by atoms with Crippen molar-refractivity contribution in [3.05, 3.63) is 29.8 Å². The molecule has 1 aromatic rings. The van der Waals surface area contributed by atoms with Gasteiger partial charge in [0.05, 0.1) is 11.8 Å². The number of likely N-dealkylation sites (N-methyl/N-ethyl adjacent to an activating group) is 1. The van der Waals surface area contributed by atoms with Crippen molar-refractivity contribution in [3.8, 4) is 0 Å². The van der Waals surface area contributed by atoms with Gasteiger partial charge in [-0.05, 0) is 50.6 Å². The molecule has 2 aliphatic rings. The van der Waals surface area contributed by atoms with Gasteiger partial charge < -0.3 is 20.6 Å². The Morgan fingerprint density at radius 1 is 1.19 bits per heavy atom. The molecule has 0 aliphatic carbocycles. The Kier molecular flexibility index (Phi) is 7.74. The van der Waals surface area contributed by atoms with Gasteiger partial charge >= 0.3 is 5.97 Å². The normalized spacial score (nSPS) is 25.4. The highest BCUT2D eigenvalue weighted by atomic mass is 35.5. The van der Waals surface area contributed by atoms with E-state index in [0.29, 0.717) is 38.0 Å². The Morgan fingerprint density at radius 3 is 2.46 bits per heavy atom. The number of nitrogen functional groups attached to an aromatic ring is 1. The molecule has 3 N–H and O–H groups in total. The van der Waals surface area contributed by atoms with Crippen molar-refractivity contribution in [1.82, 2.24) is 9.80 Å². The van der Waals surface area contributed by atoms with Crippen LogP contribution in [0.25, 0.3) is 0 Å². The highest BCUT2D eigenvalue weighted by molar-refractivity contribution is 5.85. The van der Waals surface area contributed by atoms with E-state index in [2.05, 4.69) is 4.90 Å². The molecule has 6 nitrogen and oxygen atoms in total. The number of amides is 1. The Hall–Kier alpha value is -1.50. The van der Waals surface area contributed by atoms with E-state index in [1.165, 1.54) is 0 Å². The van der Waals surface area contributed by atoms with E-state index in [1.54, 1.807) is 12.1 Å². The zero-order chi connectivity index (χ0) is 17.3. The summed E-state index contributed by atoms with van der Waals surface area (Å²) in [5.41, 5.74) is 6.58. The molecule has 26 heavy (non-hydrogen) atoms. The summed E-state index contributed by atoms with van der Waals surface area (Å²) >= 11 is 0. The number of nitrogens with zero attached hydrogens (tertiary/aromatic N) is 2. The number of carbonyl (C=O) groups excluding carboxylic acids is 1. The molecule has 2 heterocycles. The zero-order valence-corrected chi connectivity index (χ0v) is 16.5. The molecule has 2 aliphatic heterocycles. The monoisotopic (exact) mass is 403 g/mol. The number of likely N-dealkylation sites (tertiary alicyclic amines) is 2. The van der Waals surface area contributed by atoms with Crippen LogP contribution >= 0.6 is 24.8 Å². The van der Waals surface area contributed by atoms with Gasteiger partial charge in [-0.2, -0.15) is 0 Å². The third-order valence-electron chi connectivity index (χ3n) is 5.64. The zero-order valence-electron chi connectivity index (χ0n) is 14.9. The number of nitrogens with two attached hydrogens (primary N) is 1. The molecule has 0 spiro atoms. The third kappa shape index (κ3) is 4.24. The first-order valence-corrected chi connectivity index (χ1v) is 8.48. The minimum absolute atomic E-state index is 0. The number of hydrogen-bond donors (Lipinski definition) is 2. The minimum Gasteiger partial charge on any atom is -0.481 e. The van der Waals surface area contributed by atoms with Crippen LogP contribution in [0.5, 0.6) is 0 Å². The van der Waals surface area contributed by atoms with E-state index in [-0.39, 0.29) is 36.8 Å². The van der Waals surface area contributed by atoms with Crippen LogP contribution in [0, 0.1) is 5.41 Å². The van der Waals surface area contributed by atoms with Gasteiger partial charge in [-0.25, -0.2) is 0 Å². The van der Waals surface area contributed by atoms with E-state index in [0.717, 1.165) is 18.5 Å². The van der Waals surface area contributed by atoms with Gasteiger partial charge in [0.25, 0.3) is 0 Å². The molecule has 1 aromatic carbocycles. The number of halogens is 2. The van der Waals surface area contributed by atoms with E-state index < -0.39 is 11.4 Å². The van der Waals surface area contributed by atoms with Gasteiger partial charge in [-0.1, -0.05) is 12.1 Å². The predicted octanol–water partition coefficient (Wildman–Crippen LogP) is 2.05. The molecular formula is C18H27Cl2N3O3. The minimum atomic E-state index is -0.718. The van der Waals surface area contributed by atoms with Crippen LogP contribution in [-0.4, -0.2) is 59.5 Å². The third-order valence-corrected chi connectivity index (χ3v) is 5.64. The lowest BCUT2D eigenvalue weighted by molar-refractivity contribution is -0.165. The Bertz CT molecular complexity index is 641. The predicted molar refractivity (Wildman–Crippen MR) is 106 cm³/mol. The topological polar surface area (TPSA) is 86.9 Å². The molecule has 8 heteroatoms. The van der Waals surface area contributed by atoms with Crippen molar-refractivity contribution in [2.24, 2.45) is 5.41 Å². The second kappa shape index (κ2) is 8.93. The summed E-state index contributed by atoms with van der Waals surface area (Å²) in [6.45, 7) is 1.90. The molecule has 3 rings (SSSR count). The quantitative estimate of drug-likeness (QED) is 0.754. The first kappa shape index (κ1) is 22.5. The molecule has 0 saturated carbocycles. The van der Waals surface area contributed by atoms with Gasteiger partial charge in [-0.3, -0.25) is 9.59 Å². The number of benzene rings is 1. The largest absolute Gasteiger partial charge is 0.481 e. The number of carboxylic acids is 1. The lowest BCUT2D eigenvalue weighted by atomic mass is 9.68. The maximum atomic E-state index is 12.6. The average Bonchev–Trinajstić information content (AvgIpc) is 2.56. The van der Waals surface area contributed by atoms with Crippen LogP contribution in [0.1, 0.15) is 24.8 Å². The molecule has 146 valence electrons. The second-order valence-corrected chi connectivity index (χ2v) is 7.07. The highest BCUT2D eigenvalue weighted by Crippen LogP contribution is 2.42. The number of piperidine rings is 2. The van der Waals surface area contributed by atoms with Gasteiger partial charge in [0.15, 0.2) is 0 Å². The van der Waals surface area contributed by atoms with E-state index in [1.807, 2.05) is 24.1 Å². The van der Waals surface area contributed by atoms with Gasteiger partial charge in [-0.15, -0.1) is 24.8 Å². The highest BCUT2D eigenvalue weighted by Gasteiger charge is 2.52. The van der Waals surface area contributed by atoms with Crippen LogP contribution in [0.2, 0.25) is 0 Å². The maximum absolute atomic E-state index is 12.6. The maximum Gasteiger partial charge on any atom is 0.311 e. The first-order valence-electron chi connectivity index (χ1n) is 8.48. The van der Waals surface area contributed by atoms with Crippen LogP contribution in [0.3, 0.4) is 0 Å². The molecular weight excluding hydrogens is 377 g/mol. The van der Waals surface area contributed by atoms with Crippen LogP contribution in [-0.2, 0) is 16.0 Å². The summed E-state index contributed by atoms with van der Waals surface area (Å²) in [6, 6.07) is 7.22. The fourth-order valence-electron chi connectivity index (χ4n) is 4.13. The van der Waals surface area contributed by atoms with Crippen molar-refractivity contribution in [2.45, 2.75) is 31.7 Å². The fourth-order valence-corrected chi connectivity index (χ4v) is 4.13. The van der Waals surface area contributed by atoms with Gasteiger partial charge in [0, 0.05) is 24.8 Å². The van der Waals surface area contributed by atoms with Crippen molar-refractivity contribution >= 4 is 42.4 Å². The first-order chi connectivity index (χ1) is 11.4. The fraction of sp³-hybridized carbons (Fsp3) is 0.556. The number of rotatable bonds is 3. The van der Waals surface area contributed by atoms with E-state index >= 15 is 0 Å². The Balaban J connectivity index is 0.00000169. The van der Waals surface area contributed by atoms with Crippen molar-refractivity contribution in [2.75, 3.05) is 32.4 Å². The van der Waals surface area contributed by atoms with Crippen molar-refractivity contribution < 1.29 is 14.7 Å². The van der Waals surface area contributed by atoms with E-state index in [9.17, 15) is 14.7 Å². The van der Waals surface area contributed by atoms with Crippen LogP contribution in [0.15, 0.2) is 24.3 Å². The average molecular weight is 404 g/mol. The summed E-state index contributed by atoms with van der Waals surface area (Å²) in [5.74, 6) is -0.664. The molecule has 2 saturated heterocycles. The number of anilines is 1. The van der Waals surface area contributed by atoms with Gasteiger partial charge in [0.1, 0.15) is 0 Å². The number of fused-ring (bicyclic) bond motifs is 1. The summed E-state index contributed by atoms with van der Waals surface area (Å²) in [4.78, 5) is 28.5. The Morgan fingerprint density at radius 2 is 1.85 bits per heavy atom. The van der Waals surface area contributed by atoms with Crippen molar-refractivity contribution in [3.63, 3.8) is 0 Å². The number of carboxylic acid groups (broad SMARTS) is 1. The molecule has 2 fully saturated rings. The molecule has 0 radical (unpaired) electrons. The molecule has 0 unspecified atom stereocenters. The summed E-state index contributed by atoms with van der Waals surface area (Å²) < 4.78 is 0. The summed E-state index contributed by atoms with van der Waals surface area (Å²) in [6.07, 6.45) is 2.47. The number of carbonyl (C=O) groups is 2. The molecule has 0 aromatic heterocycles.